The smallest absolute Gasteiger partial charge is 0.385 e. The van der Waals surface area contributed by atoms with Gasteiger partial charge in [-0.3, -0.25) is 0 Å². The van der Waals surface area contributed by atoms with Gasteiger partial charge in [0.05, 0.1) is 5.56 Å². The molecule has 0 aliphatic heterocycles. The third-order valence-corrected chi connectivity index (χ3v) is 2.35. The molecule has 0 aromatic heterocycles. The lowest BCUT2D eigenvalue weighted by molar-refractivity contribution is -0.137. The Bertz CT molecular complexity index is 336. The number of rotatable bonds is 3. The minimum absolute atomic E-state index is 0.132. The van der Waals surface area contributed by atoms with Gasteiger partial charge in [0.15, 0.2) is 0 Å². The van der Waals surface area contributed by atoms with Crippen LogP contribution in [0.3, 0.4) is 0 Å². The number of nitrogens with one attached hydrogen (secondary N) is 1. The van der Waals surface area contributed by atoms with Crippen molar-refractivity contribution < 1.29 is 13.2 Å². The van der Waals surface area contributed by atoms with Gasteiger partial charge in [0, 0.05) is 16.7 Å². The molecule has 0 saturated carbocycles. The number of anilines is 1. The van der Waals surface area contributed by atoms with Crippen LogP contribution in [0.25, 0.3) is 0 Å². The van der Waals surface area contributed by atoms with E-state index in [0.29, 0.717) is 11.0 Å². The average molecular weight is 282 g/mol. The molecule has 0 atom stereocenters. The van der Waals surface area contributed by atoms with E-state index in [2.05, 4.69) is 21.2 Å². The molecule has 0 saturated heterocycles. The van der Waals surface area contributed by atoms with Crippen molar-refractivity contribution in [1.29, 1.82) is 0 Å². The molecule has 0 radical (unpaired) electrons. The van der Waals surface area contributed by atoms with Gasteiger partial charge in [-0.15, -0.1) is 0 Å². The highest BCUT2D eigenvalue weighted by Gasteiger charge is 2.33. The minimum Gasteiger partial charge on any atom is -0.385 e. The third kappa shape index (κ3) is 3.41. The van der Waals surface area contributed by atoms with Crippen molar-refractivity contribution in [2.45, 2.75) is 19.5 Å². The molecule has 0 amide bonds. The second kappa shape index (κ2) is 4.88. The Morgan fingerprint density at radius 1 is 1.33 bits per heavy atom. The molecule has 1 rings (SSSR count). The van der Waals surface area contributed by atoms with Gasteiger partial charge in [-0.05, 0) is 24.6 Å². The summed E-state index contributed by atoms with van der Waals surface area (Å²) >= 11 is 3.03. The van der Waals surface area contributed by atoms with Crippen molar-refractivity contribution in [2.75, 3.05) is 11.9 Å². The van der Waals surface area contributed by atoms with Crippen molar-refractivity contribution in [3.63, 3.8) is 0 Å². The first-order chi connectivity index (χ1) is 6.95. The Morgan fingerprint density at radius 2 is 2.00 bits per heavy atom. The largest absolute Gasteiger partial charge is 0.418 e. The molecule has 1 aromatic rings. The first-order valence-electron chi connectivity index (χ1n) is 4.55. The van der Waals surface area contributed by atoms with Gasteiger partial charge in [0.2, 0.25) is 0 Å². The number of hydrogen-bond donors (Lipinski definition) is 1. The van der Waals surface area contributed by atoms with E-state index >= 15 is 0 Å². The number of halogens is 4. The van der Waals surface area contributed by atoms with Crippen molar-refractivity contribution in [2.24, 2.45) is 0 Å². The Hall–Kier alpha value is -0.710. The summed E-state index contributed by atoms with van der Waals surface area (Å²) in [6, 6.07) is 4.10. The zero-order valence-electron chi connectivity index (χ0n) is 8.16. The number of alkyl halides is 3. The molecule has 0 fully saturated rings. The van der Waals surface area contributed by atoms with E-state index in [1.807, 2.05) is 6.92 Å². The van der Waals surface area contributed by atoms with E-state index in [-0.39, 0.29) is 5.69 Å². The zero-order chi connectivity index (χ0) is 11.5. The highest BCUT2D eigenvalue weighted by molar-refractivity contribution is 9.10. The predicted octanol–water partition coefficient (Wildman–Crippen LogP) is 4.29. The van der Waals surface area contributed by atoms with E-state index in [1.165, 1.54) is 6.07 Å². The maximum Gasteiger partial charge on any atom is 0.418 e. The Morgan fingerprint density at radius 3 is 2.53 bits per heavy atom. The van der Waals surface area contributed by atoms with Gasteiger partial charge >= 0.3 is 6.18 Å². The fraction of sp³-hybridized carbons (Fsp3) is 0.400. The molecule has 5 heteroatoms. The van der Waals surface area contributed by atoms with Crippen LogP contribution in [0, 0.1) is 0 Å². The molecule has 0 heterocycles. The second-order valence-electron chi connectivity index (χ2n) is 3.11. The van der Waals surface area contributed by atoms with Crippen LogP contribution < -0.4 is 5.32 Å². The highest BCUT2D eigenvalue weighted by Crippen LogP contribution is 2.36. The molecule has 0 bridgehead atoms. The molecule has 15 heavy (non-hydrogen) atoms. The maximum absolute atomic E-state index is 12.6. The SMILES string of the molecule is CCCNc1ccc(Br)cc1C(F)(F)F. The topological polar surface area (TPSA) is 12.0 Å². The summed E-state index contributed by atoms with van der Waals surface area (Å²) in [6.45, 7) is 2.43. The molecule has 0 spiro atoms. The lowest BCUT2D eigenvalue weighted by Gasteiger charge is -2.14. The van der Waals surface area contributed by atoms with Crippen LogP contribution in [-0.2, 0) is 6.18 Å². The first-order valence-corrected chi connectivity index (χ1v) is 5.35. The van der Waals surface area contributed by atoms with Gasteiger partial charge in [-0.1, -0.05) is 22.9 Å². The molecule has 0 aliphatic carbocycles. The van der Waals surface area contributed by atoms with E-state index in [1.54, 1.807) is 6.07 Å². The van der Waals surface area contributed by atoms with Crippen LogP contribution in [0.1, 0.15) is 18.9 Å². The van der Waals surface area contributed by atoms with Crippen molar-refractivity contribution in [1.82, 2.24) is 0 Å². The van der Waals surface area contributed by atoms with Crippen LogP contribution in [0.5, 0.6) is 0 Å². The van der Waals surface area contributed by atoms with Crippen LogP contribution in [0.4, 0.5) is 18.9 Å². The summed E-state index contributed by atoms with van der Waals surface area (Å²) in [5.74, 6) is 0. The van der Waals surface area contributed by atoms with Crippen molar-refractivity contribution >= 4 is 21.6 Å². The Labute approximate surface area is 94.8 Å². The number of benzene rings is 1. The molecule has 1 nitrogen and oxygen atoms in total. The van der Waals surface area contributed by atoms with Crippen molar-refractivity contribution in [3.8, 4) is 0 Å². The lowest BCUT2D eigenvalue weighted by Crippen LogP contribution is -2.11. The molecular formula is C10H11BrF3N. The summed E-state index contributed by atoms with van der Waals surface area (Å²) in [7, 11) is 0. The zero-order valence-corrected chi connectivity index (χ0v) is 9.74. The third-order valence-electron chi connectivity index (χ3n) is 1.85. The summed E-state index contributed by atoms with van der Waals surface area (Å²) in [4.78, 5) is 0. The molecule has 84 valence electrons. The van der Waals surface area contributed by atoms with Gasteiger partial charge < -0.3 is 5.32 Å². The highest BCUT2D eigenvalue weighted by atomic mass is 79.9. The monoisotopic (exact) mass is 281 g/mol. The molecule has 1 aromatic carbocycles. The quantitative estimate of drug-likeness (QED) is 0.872. The summed E-state index contributed by atoms with van der Waals surface area (Å²) < 4.78 is 38.2. The maximum atomic E-state index is 12.6. The Balaban J connectivity index is 3.04. The molecule has 1 N–H and O–H groups in total. The predicted molar refractivity (Wildman–Crippen MR) is 57.9 cm³/mol. The van der Waals surface area contributed by atoms with Gasteiger partial charge in [-0.2, -0.15) is 13.2 Å². The summed E-state index contributed by atoms with van der Waals surface area (Å²) in [5, 5.41) is 2.76. The fourth-order valence-corrected chi connectivity index (χ4v) is 1.53. The van der Waals surface area contributed by atoms with Gasteiger partial charge in [0.1, 0.15) is 0 Å². The minimum atomic E-state index is -4.32. The normalized spacial score (nSPS) is 11.5. The van der Waals surface area contributed by atoms with E-state index in [0.717, 1.165) is 12.5 Å². The van der Waals surface area contributed by atoms with Crippen molar-refractivity contribution in [3.05, 3.63) is 28.2 Å². The number of hydrogen-bond acceptors (Lipinski definition) is 1. The van der Waals surface area contributed by atoms with E-state index in [4.69, 9.17) is 0 Å². The Kier molecular flexibility index (Phi) is 4.02. The summed E-state index contributed by atoms with van der Waals surface area (Å²) in [6.07, 6.45) is -3.53. The second-order valence-corrected chi connectivity index (χ2v) is 4.03. The lowest BCUT2D eigenvalue weighted by atomic mass is 10.1. The van der Waals surface area contributed by atoms with Gasteiger partial charge in [0.25, 0.3) is 0 Å². The molecular weight excluding hydrogens is 271 g/mol. The standard InChI is InChI=1S/C10H11BrF3N/c1-2-5-15-9-4-3-7(11)6-8(9)10(12,13)14/h3-4,6,15H,2,5H2,1H3. The summed E-state index contributed by atoms with van der Waals surface area (Å²) in [5.41, 5.74) is -0.502. The molecule has 0 aliphatic rings. The van der Waals surface area contributed by atoms with Crippen LogP contribution in [-0.4, -0.2) is 6.54 Å². The van der Waals surface area contributed by atoms with E-state index < -0.39 is 11.7 Å². The van der Waals surface area contributed by atoms with E-state index in [9.17, 15) is 13.2 Å². The van der Waals surface area contributed by atoms with Crippen LogP contribution in [0.15, 0.2) is 22.7 Å². The average Bonchev–Trinajstić information content (AvgIpc) is 2.14. The van der Waals surface area contributed by atoms with Crippen LogP contribution in [0.2, 0.25) is 0 Å². The van der Waals surface area contributed by atoms with Gasteiger partial charge in [-0.25, -0.2) is 0 Å². The fourth-order valence-electron chi connectivity index (χ4n) is 1.16. The first kappa shape index (κ1) is 12.4. The molecule has 0 unspecified atom stereocenters. The van der Waals surface area contributed by atoms with Crippen LogP contribution >= 0.6 is 15.9 Å².